The Kier molecular flexibility index (Phi) is 5.39. The summed E-state index contributed by atoms with van der Waals surface area (Å²) in [6.45, 7) is 0.0443. The normalized spacial score (nSPS) is 15.3. The molecule has 1 heterocycles. The Balaban J connectivity index is 1.45. The molecule has 0 saturated carbocycles. The number of benzene rings is 2. The molecule has 0 aromatic heterocycles. The number of ether oxygens (including phenoxy) is 2. The van der Waals surface area contributed by atoms with Gasteiger partial charge in [0.1, 0.15) is 12.4 Å². The van der Waals surface area contributed by atoms with E-state index in [9.17, 15) is 14.0 Å². The molecule has 0 unspecified atom stereocenters. The van der Waals surface area contributed by atoms with Crippen molar-refractivity contribution in [1.29, 1.82) is 0 Å². The van der Waals surface area contributed by atoms with Crippen LogP contribution < -0.4 is 20.3 Å². The number of hydrogen-bond donors (Lipinski definition) is 2. The van der Waals surface area contributed by atoms with Gasteiger partial charge in [0.2, 0.25) is 12.0 Å². The smallest absolute Gasteiger partial charge is 0.283 e. The summed E-state index contributed by atoms with van der Waals surface area (Å²) >= 11 is 1.04. The van der Waals surface area contributed by atoms with Crippen LogP contribution >= 0.6 is 11.8 Å². The molecule has 0 radical (unpaired) electrons. The van der Waals surface area contributed by atoms with Crippen LogP contribution in [-0.2, 0) is 9.59 Å². The number of nitrogens with one attached hydrogen (secondary N) is 2. The molecule has 2 aromatic rings. The summed E-state index contributed by atoms with van der Waals surface area (Å²) in [6.07, 6.45) is -0.866. The lowest BCUT2D eigenvalue weighted by Crippen LogP contribution is -2.51. The zero-order valence-corrected chi connectivity index (χ0v) is 13.8. The van der Waals surface area contributed by atoms with Crippen LogP contribution in [0, 0.1) is 5.82 Å². The van der Waals surface area contributed by atoms with E-state index in [1.54, 1.807) is 42.5 Å². The molecular formula is C17H15FN2O4S. The molecule has 3 rings (SSSR count). The molecule has 0 saturated heterocycles. The average Bonchev–Trinajstić information content (AvgIpc) is 2.65. The van der Waals surface area contributed by atoms with Gasteiger partial charge in [-0.1, -0.05) is 24.3 Å². The van der Waals surface area contributed by atoms with Crippen LogP contribution in [0.3, 0.4) is 0 Å². The average molecular weight is 362 g/mol. The van der Waals surface area contributed by atoms with Crippen LogP contribution in [0.25, 0.3) is 0 Å². The molecular weight excluding hydrogens is 347 g/mol. The molecule has 1 atom stereocenters. The standard InChI is InChI=1S/C17H15FN2O4S/c18-11-5-1-4-8-15(11)25-10-16(21)19-20-17(22)14-9-23-12-6-2-3-7-13(12)24-14/h1-8,14H,9-10H2,(H,19,21)(H,20,22)/t14-/m1/s1. The third-order valence-electron chi connectivity index (χ3n) is 3.32. The molecule has 8 heteroatoms. The molecule has 6 nitrogen and oxygen atoms in total. The first-order chi connectivity index (χ1) is 12.1. The van der Waals surface area contributed by atoms with Crippen molar-refractivity contribution < 1.29 is 23.5 Å². The van der Waals surface area contributed by atoms with E-state index in [0.717, 1.165) is 11.8 Å². The predicted octanol–water partition coefficient (Wildman–Crippen LogP) is 1.91. The second kappa shape index (κ2) is 7.89. The summed E-state index contributed by atoms with van der Waals surface area (Å²) < 4.78 is 24.4. The van der Waals surface area contributed by atoms with Crippen molar-refractivity contribution in [3.63, 3.8) is 0 Å². The second-order valence-electron chi connectivity index (χ2n) is 5.12. The minimum atomic E-state index is -0.866. The molecule has 1 aliphatic rings. The topological polar surface area (TPSA) is 76.7 Å². The number of amides is 2. The molecule has 130 valence electrons. The van der Waals surface area contributed by atoms with E-state index in [0.29, 0.717) is 16.4 Å². The Labute approximate surface area is 147 Å². The Bertz CT molecular complexity index is 787. The maximum atomic E-state index is 13.5. The lowest BCUT2D eigenvalue weighted by Gasteiger charge is -2.25. The van der Waals surface area contributed by atoms with Gasteiger partial charge in [0, 0.05) is 4.90 Å². The second-order valence-corrected chi connectivity index (χ2v) is 6.14. The summed E-state index contributed by atoms with van der Waals surface area (Å²) in [6, 6.07) is 13.2. The van der Waals surface area contributed by atoms with Crippen molar-refractivity contribution in [3.05, 3.63) is 54.3 Å². The number of rotatable bonds is 4. The number of hydrazine groups is 1. The Morgan fingerprint density at radius 3 is 2.60 bits per heavy atom. The number of hydrogen-bond acceptors (Lipinski definition) is 5. The van der Waals surface area contributed by atoms with Gasteiger partial charge in [-0.2, -0.15) is 0 Å². The summed E-state index contributed by atoms with van der Waals surface area (Å²) in [5, 5.41) is 0. The molecule has 1 aliphatic heterocycles. The van der Waals surface area contributed by atoms with Crippen molar-refractivity contribution in [3.8, 4) is 11.5 Å². The molecule has 2 amide bonds. The highest BCUT2D eigenvalue weighted by molar-refractivity contribution is 8.00. The number of para-hydroxylation sites is 2. The zero-order valence-electron chi connectivity index (χ0n) is 13.0. The number of thioether (sulfide) groups is 1. The molecule has 0 spiro atoms. The Morgan fingerprint density at radius 1 is 1.08 bits per heavy atom. The molecule has 25 heavy (non-hydrogen) atoms. The van der Waals surface area contributed by atoms with Crippen molar-refractivity contribution in [1.82, 2.24) is 10.9 Å². The first kappa shape index (κ1) is 17.1. The van der Waals surface area contributed by atoms with Gasteiger partial charge in [-0.15, -0.1) is 11.8 Å². The van der Waals surface area contributed by atoms with E-state index >= 15 is 0 Å². The maximum absolute atomic E-state index is 13.5. The maximum Gasteiger partial charge on any atom is 0.283 e. The minimum absolute atomic E-state index is 0.0356. The largest absolute Gasteiger partial charge is 0.485 e. The lowest BCUT2D eigenvalue weighted by molar-refractivity contribution is -0.134. The molecule has 2 N–H and O–H groups in total. The summed E-state index contributed by atoms with van der Waals surface area (Å²) in [5.41, 5.74) is 4.56. The van der Waals surface area contributed by atoms with Gasteiger partial charge in [0.15, 0.2) is 11.5 Å². The molecule has 0 bridgehead atoms. The zero-order chi connectivity index (χ0) is 17.6. The van der Waals surface area contributed by atoms with Gasteiger partial charge >= 0.3 is 0 Å². The predicted molar refractivity (Wildman–Crippen MR) is 89.8 cm³/mol. The Morgan fingerprint density at radius 2 is 1.80 bits per heavy atom. The minimum Gasteiger partial charge on any atom is -0.485 e. The SMILES string of the molecule is O=C(CSc1ccccc1F)NNC(=O)[C@H]1COc2ccccc2O1. The molecule has 0 aliphatic carbocycles. The van der Waals surface area contributed by atoms with Crippen molar-refractivity contribution in [2.45, 2.75) is 11.0 Å². The van der Waals surface area contributed by atoms with Crippen LogP contribution in [0.2, 0.25) is 0 Å². The number of halogens is 1. The van der Waals surface area contributed by atoms with Crippen LogP contribution in [0.4, 0.5) is 4.39 Å². The van der Waals surface area contributed by atoms with E-state index in [1.165, 1.54) is 6.07 Å². The van der Waals surface area contributed by atoms with E-state index in [2.05, 4.69) is 10.9 Å². The lowest BCUT2D eigenvalue weighted by atomic mass is 10.2. The van der Waals surface area contributed by atoms with Crippen molar-refractivity contribution >= 4 is 23.6 Å². The number of fused-ring (bicyclic) bond motifs is 1. The van der Waals surface area contributed by atoms with Crippen LogP contribution in [-0.4, -0.2) is 30.3 Å². The highest BCUT2D eigenvalue weighted by Gasteiger charge is 2.27. The molecule has 0 fully saturated rings. The van der Waals surface area contributed by atoms with Crippen LogP contribution in [0.1, 0.15) is 0 Å². The highest BCUT2D eigenvalue weighted by atomic mass is 32.2. The van der Waals surface area contributed by atoms with Gasteiger partial charge < -0.3 is 9.47 Å². The first-order valence-corrected chi connectivity index (χ1v) is 8.46. The fourth-order valence-electron chi connectivity index (χ4n) is 2.10. The summed E-state index contributed by atoms with van der Waals surface area (Å²) in [4.78, 5) is 24.2. The third kappa shape index (κ3) is 4.42. The van der Waals surface area contributed by atoms with E-state index in [1.807, 2.05) is 0 Å². The van der Waals surface area contributed by atoms with Crippen LogP contribution in [0.15, 0.2) is 53.4 Å². The van der Waals surface area contributed by atoms with E-state index in [-0.39, 0.29) is 12.4 Å². The molecule has 2 aromatic carbocycles. The van der Waals surface area contributed by atoms with E-state index in [4.69, 9.17) is 9.47 Å². The van der Waals surface area contributed by atoms with Gasteiger partial charge in [-0.25, -0.2) is 4.39 Å². The summed E-state index contributed by atoms with van der Waals surface area (Å²) in [7, 11) is 0. The number of carbonyl (C=O) groups excluding carboxylic acids is 2. The van der Waals surface area contributed by atoms with Crippen molar-refractivity contribution in [2.24, 2.45) is 0 Å². The van der Waals surface area contributed by atoms with Crippen LogP contribution in [0.5, 0.6) is 11.5 Å². The number of carbonyl (C=O) groups is 2. The quantitative estimate of drug-likeness (QED) is 0.642. The monoisotopic (exact) mass is 362 g/mol. The van der Waals surface area contributed by atoms with E-state index < -0.39 is 23.7 Å². The van der Waals surface area contributed by atoms with Gasteiger partial charge in [-0.3, -0.25) is 20.4 Å². The fourth-order valence-corrected chi connectivity index (χ4v) is 2.84. The van der Waals surface area contributed by atoms with Crippen molar-refractivity contribution in [2.75, 3.05) is 12.4 Å². The summed E-state index contributed by atoms with van der Waals surface area (Å²) in [5.74, 6) is -0.382. The Hall–Kier alpha value is -2.74. The third-order valence-corrected chi connectivity index (χ3v) is 4.37. The first-order valence-electron chi connectivity index (χ1n) is 7.48. The highest BCUT2D eigenvalue weighted by Crippen LogP contribution is 2.30. The fraction of sp³-hybridized carbons (Fsp3) is 0.176. The van der Waals surface area contributed by atoms with Gasteiger partial charge in [0.05, 0.1) is 5.75 Å². The van der Waals surface area contributed by atoms with Gasteiger partial charge in [0.25, 0.3) is 5.91 Å². The van der Waals surface area contributed by atoms with Gasteiger partial charge in [-0.05, 0) is 24.3 Å².